The molecule has 0 unspecified atom stereocenters. The molecule has 4 heterocycles. The molecule has 0 saturated carbocycles. The molecule has 9 heteroatoms. The number of nitrogens with zero attached hydrogens (tertiary/aromatic N) is 4. The number of fused-ring (bicyclic) bond motifs is 2. The van der Waals surface area contributed by atoms with Crippen molar-refractivity contribution in [1.29, 1.82) is 0 Å². The first-order valence-corrected chi connectivity index (χ1v) is 11.5. The lowest BCUT2D eigenvalue weighted by Crippen LogP contribution is -2.41. The third-order valence-corrected chi connectivity index (χ3v) is 6.99. The number of thiophene rings is 1. The van der Waals surface area contributed by atoms with Crippen LogP contribution in [0.15, 0.2) is 42.2 Å². The van der Waals surface area contributed by atoms with Crippen LogP contribution in [0.1, 0.15) is 18.2 Å². The van der Waals surface area contributed by atoms with Gasteiger partial charge >= 0.3 is 6.03 Å². The fourth-order valence-electron chi connectivity index (χ4n) is 3.53. The Kier molecular flexibility index (Phi) is 5.06. The summed E-state index contributed by atoms with van der Waals surface area (Å²) in [7, 11) is 0. The van der Waals surface area contributed by atoms with Gasteiger partial charge in [0, 0.05) is 30.2 Å². The van der Waals surface area contributed by atoms with Gasteiger partial charge in [0.15, 0.2) is 0 Å². The molecule has 30 heavy (non-hydrogen) atoms. The molecule has 3 aromatic heterocycles. The third kappa shape index (κ3) is 3.61. The normalized spacial score (nSPS) is 14.2. The Morgan fingerprint density at radius 2 is 2.17 bits per heavy atom. The molecule has 2 N–H and O–H groups in total. The number of aromatic nitrogens is 3. The molecule has 0 radical (unpaired) electrons. The molecule has 152 valence electrons. The lowest BCUT2D eigenvalue weighted by atomic mass is 10.1. The molecule has 1 aliphatic rings. The topological polar surface area (TPSA) is 83.0 Å². The van der Waals surface area contributed by atoms with E-state index in [-0.39, 0.29) is 6.03 Å². The molecule has 0 spiro atoms. The van der Waals surface area contributed by atoms with E-state index in [1.807, 2.05) is 29.5 Å². The number of hydrogen-bond donors (Lipinski definition) is 2. The van der Waals surface area contributed by atoms with Gasteiger partial charge in [-0.3, -0.25) is 0 Å². The van der Waals surface area contributed by atoms with Gasteiger partial charge < -0.3 is 15.5 Å². The van der Waals surface area contributed by atoms with Crippen molar-refractivity contribution in [3.63, 3.8) is 0 Å². The zero-order valence-corrected chi connectivity index (χ0v) is 18.0. The molecule has 0 bridgehead atoms. The van der Waals surface area contributed by atoms with Crippen LogP contribution in [0.2, 0.25) is 0 Å². The Labute approximate surface area is 181 Å². The summed E-state index contributed by atoms with van der Waals surface area (Å²) in [5.74, 6) is 0.789. The number of benzene rings is 1. The monoisotopic (exact) mass is 436 g/mol. The van der Waals surface area contributed by atoms with Crippen LogP contribution in [0.5, 0.6) is 0 Å². The Hall–Kier alpha value is -3.04. The standard InChI is InChI=1S/C21H20N6OS2/c1-2-22-21(28)27-7-5-13(6-8-27)18-10-15-19(23-11-24-20(15)30-18)26-14-3-4-17-16(9-14)25-12-29-17/h3-5,9-12H,2,6-8H2,1H3,(H,22,28)(H,23,24,26). The maximum Gasteiger partial charge on any atom is 0.317 e. The second kappa shape index (κ2) is 8.00. The van der Waals surface area contributed by atoms with Gasteiger partial charge in [-0.25, -0.2) is 19.7 Å². The maximum absolute atomic E-state index is 12.0. The van der Waals surface area contributed by atoms with E-state index in [1.54, 1.807) is 29.0 Å². The average Bonchev–Trinajstić information content (AvgIpc) is 3.41. The minimum atomic E-state index is -0.00132. The average molecular weight is 437 g/mol. The smallest absolute Gasteiger partial charge is 0.317 e. The minimum absolute atomic E-state index is 0.00132. The van der Waals surface area contributed by atoms with E-state index < -0.39 is 0 Å². The molecule has 2 amide bonds. The van der Waals surface area contributed by atoms with Gasteiger partial charge in [-0.05, 0) is 43.2 Å². The summed E-state index contributed by atoms with van der Waals surface area (Å²) in [4.78, 5) is 29.3. The van der Waals surface area contributed by atoms with E-state index >= 15 is 0 Å². The summed E-state index contributed by atoms with van der Waals surface area (Å²) in [6.45, 7) is 3.92. The molecular formula is C21H20N6OS2. The number of thiazole rings is 1. The Morgan fingerprint density at radius 3 is 3.00 bits per heavy atom. The largest absolute Gasteiger partial charge is 0.340 e. The number of carbonyl (C=O) groups excluding carboxylic acids is 1. The van der Waals surface area contributed by atoms with Crippen LogP contribution < -0.4 is 10.6 Å². The number of amides is 2. The van der Waals surface area contributed by atoms with Crippen molar-refractivity contribution in [2.45, 2.75) is 13.3 Å². The van der Waals surface area contributed by atoms with Crippen molar-refractivity contribution >= 4 is 66.2 Å². The quantitative estimate of drug-likeness (QED) is 0.477. The van der Waals surface area contributed by atoms with E-state index in [9.17, 15) is 4.79 Å². The predicted octanol–water partition coefficient (Wildman–Crippen LogP) is 4.86. The summed E-state index contributed by atoms with van der Waals surface area (Å²) < 4.78 is 1.16. The van der Waals surface area contributed by atoms with Crippen LogP contribution in [-0.2, 0) is 0 Å². The SMILES string of the molecule is CCNC(=O)N1CC=C(c2cc3c(Nc4ccc5scnc5c4)ncnc3s2)CC1. The lowest BCUT2D eigenvalue weighted by Gasteiger charge is -2.26. The highest BCUT2D eigenvalue weighted by molar-refractivity contribution is 7.19. The van der Waals surface area contributed by atoms with Crippen LogP contribution in [0.4, 0.5) is 16.3 Å². The van der Waals surface area contributed by atoms with E-state index in [0.29, 0.717) is 13.1 Å². The molecule has 7 nitrogen and oxygen atoms in total. The van der Waals surface area contributed by atoms with Gasteiger partial charge in [-0.1, -0.05) is 6.08 Å². The molecule has 0 fully saturated rings. The number of rotatable bonds is 4. The van der Waals surface area contributed by atoms with Crippen LogP contribution in [0.3, 0.4) is 0 Å². The summed E-state index contributed by atoms with van der Waals surface area (Å²) in [5.41, 5.74) is 5.04. The summed E-state index contributed by atoms with van der Waals surface area (Å²) in [6.07, 6.45) is 4.57. The fourth-order valence-corrected chi connectivity index (χ4v) is 5.25. The van der Waals surface area contributed by atoms with Gasteiger partial charge in [-0.15, -0.1) is 22.7 Å². The van der Waals surface area contributed by atoms with E-state index in [2.05, 4.69) is 43.8 Å². The lowest BCUT2D eigenvalue weighted by molar-refractivity contribution is 0.203. The van der Waals surface area contributed by atoms with E-state index in [0.717, 1.165) is 44.9 Å². The highest BCUT2D eigenvalue weighted by Crippen LogP contribution is 2.36. The first kappa shape index (κ1) is 19.0. The summed E-state index contributed by atoms with van der Waals surface area (Å²) >= 11 is 3.29. The van der Waals surface area contributed by atoms with Crippen molar-refractivity contribution in [1.82, 2.24) is 25.2 Å². The van der Waals surface area contributed by atoms with Gasteiger partial charge in [0.1, 0.15) is 17.0 Å². The molecule has 1 aliphatic heterocycles. The van der Waals surface area contributed by atoms with Crippen molar-refractivity contribution in [3.05, 3.63) is 47.1 Å². The second-order valence-corrected chi connectivity index (χ2v) is 8.89. The highest BCUT2D eigenvalue weighted by atomic mass is 32.1. The van der Waals surface area contributed by atoms with Crippen molar-refractivity contribution in [3.8, 4) is 0 Å². The first-order valence-electron chi connectivity index (χ1n) is 9.78. The fraction of sp³-hybridized carbons (Fsp3) is 0.238. The van der Waals surface area contributed by atoms with Crippen LogP contribution in [0, 0.1) is 0 Å². The highest BCUT2D eigenvalue weighted by Gasteiger charge is 2.19. The minimum Gasteiger partial charge on any atom is -0.340 e. The van der Waals surface area contributed by atoms with Crippen LogP contribution >= 0.6 is 22.7 Å². The number of hydrogen-bond acceptors (Lipinski definition) is 7. The molecule has 0 saturated heterocycles. The summed E-state index contributed by atoms with van der Waals surface area (Å²) in [6, 6.07) is 8.30. The number of carbonyl (C=O) groups is 1. The Bertz CT molecular complexity index is 1260. The summed E-state index contributed by atoms with van der Waals surface area (Å²) in [5, 5.41) is 7.28. The van der Waals surface area contributed by atoms with Crippen molar-refractivity contribution in [2.24, 2.45) is 0 Å². The molecule has 4 aromatic rings. The zero-order chi connectivity index (χ0) is 20.5. The molecule has 1 aromatic carbocycles. The predicted molar refractivity (Wildman–Crippen MR) is 124 cm³/mol. The maximum atomic E-state index is 12.0. The first-order chi connectivity index (χ1) is 14.7. The van der Waals surface area contributed by atoms with Crippen LogP contribution in [0.25, 0.3) is 26.0 Å². The third-order valence-electron chi connectivity index (χ3n) is 5.06. The Morgan fingerprint density at radius 1 is 1.23 bits per heavy atom. The van der Waals surface area contributed by atoms with Gasteiger partial charge in [0.2, 0.25) is 0 Å². The Balaban J connectivity index is 1.40. The second-order valence-electron chi connectivity index (χ2n) is 6.97. The van der Waals surface area contributed by atoms with Crippen molar-refractivity contribution < 1.29 is 4.79 Å². The molecular weight excluding hydrogens is 416 g/mol. The molecule has 5 rings (SSSR count). The van der Waals surface area contributed by atoms with Crippen molar-refractivity contribution in [2.75, 3.05) is 25.0 Å². The zero-order valence-electron chi connectivity index (χ0n) is 16.4. The van der Waals surface area contributed by atoms with Crippen LogP contribution in [-0.4, -0.2) is 45.5 Å². The molecule has 0 atom stereocenters. The molecule has 0 aliphatic carbocycles. The van der Waals surface area contributed by atoms with E-state index in [1.165, 1.54) is 10.5 Å². The number of urea groups is 1. The number of nitrogens with one attached hydrogen (secondary N) is 2. The van der Waals surface area contributed by atoms with Gasteiger partial charge in [-0.2, -0.15) is 0 Å². The van der Waals surface area contributed by atoms with Gasteiger partial charge in [0.05, 0.1) is 21.1 Å². The van der Waals surface area contributed by atoms with E-state index in [4.69, 9.17) is 0 Å². The number of anilines is 2. The van der Waals surface area contributed by atoms with Gasteiger partial charge in [0.25, 0.3) is 0 Å².